The van der Waals surface area contributed by atoms with Crippen LogP contribution in [0.5, 0.6) is 0 Å². The Hall–Kier alpha value is 4.05. The summed E-state index contributed by atoms with van der Waals surface area (Å²) in [4.78, 5) is 0. The predicted molar refractivity (Wildman–Crippen MR) is 17.3 cm³/mol. The molecule has 0 aromatic heterocycles. The van der Waals surface area contributed by atoms with E-state index in [4.69, 9.17) is 30.1 Å². The Morgan fingerprint density at radius 2 is 0.636 bits per heavy atom. The van der Waals surface area contributed by atoms with Gasteiger partial charge in [0, 0.05) is 0 Å². The van der Waals surface area contributed by atoms with Gasteiger partial charge in [0.15, 0.2) is 0 Å². The fraction of sp³-hybridized carbons (Fsp3) is 0. The van der Waals surface area contributed by atoms with Gasteiger partial charge in [-0.25, -0.2) is 0 Å². The van der Waals surface area contributed by atoms with Crippen molar-refractivity contribution in [3.8, 4) is 0 Å². The van der Waals surface area contributed by atoms with E-state index in [-0.39, 0.29) is 130 Å². The monoisotopic (exact) mass is 336 g/mol. The summed E-state index contributed by atoms with van der Waals surface area (Å²) < 4.78 is 0. The largest absolute Gasteiger partial charge is 3.00 e. The van der Waals surface area contributed by atoms with E-state index >= 15 is 0 Å². The molecule has 0 atom stereocenters. The number of rotatable bonds is 0. The van der Waals surface area contributed by atoms with Gasteiger partial charge >= 0.3 is 130 Å². The summed E-state index contributed by atoms with van der Waals surface area (Å²) in [6, 6.07) is 0. The van der Waals surface area contributed by atoms with Gasteiger partial charge in [-0.3, -0.25) is 14.6 Å². The molecule has 6 nitrogen and oxygen atoms in total. The standard InChI is InChI=1S/2BO3.Rb.Sc.Sr/c2*2-1(3)4;;;/q2*-3;+1;+3;+2. The van der Waals surface area contributed by atoms with Crippen LogP contribution in [0.1, 0.15) is 0 Å². The van der Waals surface area contributed by atoms with Gasteiger partial charge < -0.3 is 30.1 Å². The molecule has 0 unspecified atom stereocenters. The molecule has 48 valence electrons. The first-order valence-corrected chi connectivity index (χ1v) is 1.41. The molecule has 0 amide bonds. The van der Waals surface area contributed by atoms with Gasteiger partial charge in [0.25, 0.3) is 0 Å². The van der Waals surface area contributed by atoms with Gasteiger partial charge in [-0.1, -0.05) is 0 Å². The fourth-order valence-corrected chi connectivity index (χ4v) is 0. The summed E-state index contributed by atoms with van der Waals surface area (Å²) in [7, 11) is -5.83. The van der Waals surface area contributed by atoms with Crippen LogP contribution in [0.2, 0.25) is 0 Å². The van der Waals surface area contributed by atoms with E-state index in [1.54, 1.807) is 0 Å². The zero-order valence-corrected chi connectivity index (χ0v) is 16.1. The quantitative estimate of drug-likeness (QED) is 0.403. The summed E-state index contributed by atoms with van der Waals surface area (Å²) in [5.41, 5.74) is 0. The predicted octanol–water partition coefficient (Wildman–Crippen LogP) is -11.3. The molecule has 11 heteroatoms. The summed E-state index contributed by atoms with van der Waals surface area (Å²) in [5.74, 6) is 0. The SMILES string of the molecule is [O-]B([O-])[O-].[O-]B([O-])[O-].[Rb+].[Sc+3].[Sr+2]. The van der Waals surface area contributed by atoms with Crippen LogP contribution in [0.25, 0.3) is 0 Å². The molecule has 0 saturated heterocycles. The minimum absolute atomic E-state index is 0. The van der Waals surface area contributed by atoms with Crippen molar-refractivity contribution in [2.75, 3.05) is 0 Å². The van der Waals surface area contributed by atoms with Gasteiger partial charge in [0.05, 0.1) is 0 Å². The van der Waals surface area contributed by atoms with Crippen molar-refractivity contribution in [2.45, 2.75) is 0 Å². The van der Waals surface area contributed by atoms with E-state index in [1.165, 1.54) is 0 Å². The van der Waals surface area contributed by atoms with Crippen molar-refractivity contribution < 1.29 is 114 Å². The van der Waals surface area contributed by atoms with Crippen LogP contribution in [-0.4, -0.2) is 60.1 Å². The Bertz CT molecular complexity index is 36.1. The zero-order chi connectivity index (χ0) is 7.15. The van der Waals surface area contributed by atoms with Crippen LogP contribution >= 0.6 is 0 Å². The van der Waals surface area contributed by atoms with Gasteiger partial charge in [-0.05, 0) is 0 Å². The van der Waals surface area contributed by atoms with Gasteiger partial charge in [0.1, 0.15) is 0 Å². The molecule has 0 aromatic carbocycles. The van der Waals surface area contributed by atoms with E-state index in [9.17, 15) is 0 Å². The van der Waals surface area contributed by atoms with Crippen LogP contribution in [0.4, 0.5) is 0 Å². The van der Waals surface area contributed by atoms with E-state index < -0.39 is 14.6 Å². The normalized spacial score (nSPS) is 4.91. The van der Waals surface area contributed by atoms with Crippen molar-refractivity contribution in [1.82, 2.24) is 0 Å². The third-order valence-corrected chi connectivity index (χ3v) is 0. The van der Waals surface area contributed by atoms with Crippen molar-refractivity contribution in [2.24, 2.45) is 0 Å². The van der Waals surface area contributed by atoms with Crippen LogP contribution in [0, 0.1) is 0 Å². The maximum Gasteiger partial charge on any atom is 3.00 e. The molecule has 0 saturated carbocycles. The van der Waals surface area contributed by atoms with Crippen LogP contribution < -0.4 is 88.3 Å². The molecule has 0 spiro atoms. The second-order valence-electron chi connectivity index (χ2n) is 0.577. The molecule has 0 aliphatic carbocycles. The van der Waals surface area contributed by atoms with Crippen LogP contribution in [-0.2, 0) is 25.8 Å². The Morgan fingerprint density at radius 1 is 0.636 bits per heavy atom. The molecular weight excluding hydrogens is 336 g/mol. The maximum absolute atomic E-state index is 8.42. The fourth-order valence-electron chi connectivity index (χ4n) is 0. The molecule has 0 N–H and O–H groups in total. The molecule has 11 heavy (non-hydrogen) atoms. The smallest absolute Gasteiger partial charge is 0.907 e. The zero-order valence-electron chi connectivity index (χ0n) is 5.89. The first-order valence-electron chi connectivity index (χ1n) is 1.41. The van der Waals surface area contributed by atoms with Gasteiger partial charge in [-0.2, -0.15) is 0 Å². The van der Waals surface area contributed by atoms with Crippen molar-refractivity contribution in [1.29, 1.82) is 0 Å². The van der Waals surface area contributed by atoms with Crippen molar-refractivity contribution in [3.05, 3.63) is 0 Å². The molecule has 0 bridgehead atoms. The third kappa shape index (κ3) is 125. The molecule has 0 aliphatic rings. The average molecular weight is 336 g/mol. The Labute approximate surface area is 170 Å². The molecule has 0 heterocycles. The van der Waals surface area contributed by atoms with E-state index in [0.717, 1.165) is 0 Å². The Kier molecular flexibility index (Phi) is 63.3. The Morgan fingerprint density at radius 3 is 0.636 bits per heavy atom. The van der Waals surface area contributed by atoms with Crippen LogP contribution in [0.3, 0.4) is 0 Å². The average Bonchev–Trinajstić information content (AvgIpc) is 1.25. The van der Waals surface area contributed by atoms with Gasteiger partial charge in [0.2, 0.25) is 0 Å². The first-order chi connectivity index (χ1) is 3.46. The van der Waals surface area contributed by atoms with Gasteiger partial charge in [-0.15, -0.1) is 0 Å². The molecule has 0 aromatic rings. The summed E-state index contributed by atoms with van der Waals surface area (Å²) >= 11 is 0. The second-order valence-corrected chi connectivity index (χ2v) is 0.577. The number of hydrogen-bond donors (Lipinski definition) is 0. The first kappa shape index (κ1) is 29.4. The summed E-state index contributed by atoms with van der Waals surface area (Å²) in [6.07, 6.45) is 0. The maximum atomic E-state index is 8.42. The Balaban J connectivity index is -0.0000000171. The van der Waals surface area contributed by atoms with Crippen molar-refractivity contribution in [3.63, 3.8) is 0 Å². The second kappa shape index (κ2) is 23.7. The van der Waals surface area contributed by atoms with E-state index in [2.05, 4.69) is 0 Å². The molecular formula is B2O6RbScSr. The summed E-state index contributed by atoms with van der Waals surface area (Å²) in [5, 5.41) is 50.5. The van der Waals surface area contributed by atoms with Crippen LogP contribution in [0.15, 0.2) is 0 Å². The van der Waals surface area contributed by atoms with E-state index in [1.807, 2.05) is 0 Å². The van der Waals surface area contributed by atoms with Crippen molar-refractivity contribution >= 4 is 60.1 Å². The molecule has 0 radical (unpaired) electrons. The molecule has 0 aliphatic heterocycles. The van der Waals surface area contributed by atoms with E-state index in [0.29, 0.717) is 0 Å². The minimum atomic E-state index is -2.92. The molecule has 0 rings (SSSR count). The number of hydrogen-bond acceptors (Lipinski definition) is 6. The summed E-state index contributed by atoms with van der Waals surface area (Å²) in [6.45, 7) is 0. The third-order valence-electron chi connectivity index (χ3n) is 0. The minimum Gasteiger partial charge on any atom is -0.907 e. The topological polar surface area (TPSA) is 138 Å². The molecule has 0 fully saturated rings.